The Bertz CT molecular complexity index is 1570. The van der Waals surface area contributed by atoms with Crippen molar-refractivity contribution in [3.05, 3.63) is 125 Å². The van der Waals surface area contributed by atoms with Crippen LogP contribution in [-0.4, -0.2) is 31.8 Å². The summed E-state index contributed by atoms with van der Waals surface area (Å²) in [5.74, 6) is -0.503. The maximum atomic E-state index is 13.3. The molecule has 0 N–H and O–H groups in total. The maximum Gasteiger partial charge on any atom is 0.193 e. The number of anilines is 2. The molecule has 194 valence electrons. The minimum Gasteiger partial charge on any atom is -0.345 e. The summed E-state index contributed by atoms with van der Waals surface area (Å²) in [5.41, 5.74) is 5.29. The molecule has 0 saturated heterocycles. The van der Waals surface area contributed by atoms with Crippen LogP contribution in [0.15, 0.2) is 102 Å². The Morgan fingerprint density at radius 3 is 1.42 bits per heavy atom. The van der Waals surface area contributed by atoms with E-state index in [0.717, 1.165) is 22.5 Å². The average Bonchev–Trinajstić information content (AvgIpc) is 2.92. The normalized spacial score (nSPS) is 11.7. The zero-order valence-corrected chi connectivity index (χ0v) is 23.0. The summed E-state index contributed by atoms with van der Waals surface area (Å²) >= 11 is 0. The van der Waals surface area contributed by atoms with Gasteiger partial charge in [0.05, 0.1) is 4.90 Å². The van der Waals surface area contributed by atoms with E-state index in [1.807, 2.05) is 62.2 Å². The molecule has 0 aromatic heterocycles. The number of Topliss-reactive ketones (excluding diaryl/α,β-unsaturated/α-hetero) is 1. The molecule has 38 heavy (non-hydrogen) atoms. The third kappa shape index (κ3) is 5.18. The van der Waals surface area contributed by atoms with Crippen LogP contribution in [-0.2, 0) is 9.84 Å². The second kappa shape index (κ2) is 10.4. The Morgan fingerprint density at radius 1 is 0.605 bits per heavy atom. The highest BCUT2D eigenvalue weighted by Crippen LogP contribution is 2.31. The van der Waals surface area contributed by atoms with E-state index < -0.39 is 20.4 Å². The lowest BCUT2D eigenvalue weighted by Gasteiger charge is -2.24. The lowest BCUT2D eigenvalue weighted by Crippen LogP contribution is -2.40. The molecule has 0 atom stereocenters. The minimum atomic E-state index is -3.89. The summed E-state index contributed by atoms with van der Waals surface area (Å²) in [6.07, 6.45) is 0. The summed E-state index contributed by atoms with van der Waals surface area (Å²) in [7, 11) is -2.00. The van der Waals surface area contributed by atoms with Gasteiger partial charge in [0.25, 0.3) is 0 Å². The average molecular weight is 526 g/mol. The second-order valence-corrected chi connectivity index (χ2v) is 12.5. The first-order valence-corrected chi connectivity index (χ1v) is 13.8. The van der Waals surface area contributed by atoms with Gasteiger partial charge in [-0.15, -0.1) is 0 Å². The molecule has 0 radical (unpaired) electrons. The molecule has 0 aliphatic heterocycles. The Hall–Kier alpha value is -4.03. The van der Waals surface area contributed by atoms with E-state index in [1.54, 1.807) is 48.5 Å². The zero-order valence-electron chi connectivity index (χ0n) is 22.2. The van der Waals surface area contributed by atoms with Gasteiger partial charge in [-0.1, -0.05) is 47.5 Å². The molecular formula is C32H31NO4S. The van der Waals surface area contributed by atoms with Crippen LogP contribution in [0.4, 0.5) is 11.4 Å². The van der Waals surface area contributed by atoms with Crippen LogP contribution in [0.25, 0.3) is 0 Å². The first-order valence-electron chi connectivity index (χ1n) is 12.3. The fraction of sp³-hybridized carbons (Fsp3) is 0.188. The summed E-state index contributed by atoms with van der Waals surface area (Å²) in [6, 6.07) is 28.2. The molecule has 0 aliphatic rings. The maximum absolute atomic E-state index is 13.3. The number of sulfone groups is 1. The molecule has 0 unspecified atom stereocenters. The Balaban J connectivity index is 1.51. The highest BCUT2D eigenvalue weighted by atomic mass is 32.2. The van der Waals surface area contributed by atoms with Gasteiger partial charge in [0, 0.05) is 35.1 Å². The third-order valence-electron chi connectivity index (χ3n) is 6.90. The van der Waals surface area contributed by atoms with E-state index >= 15 is 0 Å². The van der Waals surface area contributed by atoms with Crippen LogP contribution in [0.3, 0.4) is 0 Å². The number of nitrogens with zero attached hydrogens (tertiary/aromatic N) is 1. The van der Waals surface area contributed by atoms with Gasteiger partial charge in [-0.3, -0.25) is 9.59 Å². The molecule has 6 heteroatoms. The van der Waals surface area contributed by atoms with Crippen molar-refractivity contribution in [3.8, 4) is 0 Å². The van der Waals surface area contributed by atoms with Gasteiger partial charge in [0.15, 0.2) is 21.4 Å². The van der Waals surface area contributed by atoms with Crippen LogP contribution in [0.1, 0.15) is 51.3 Å². The monoisotopic (exact) mass is 525 g/mol. The van der Waals surface area contributed by atoms with Gasteiger partial charge < -0.3 is 4.90 Å². The molecule has 0 aliphatic carbocycles. The van der Waals surface area contributed by atoms with Crippen molar-refractivity contribution in [3.63, 3.8) is 0 Å². The van der Waals surface area contributed by atoms with Crippen molar-refractivity contribution in [2.45, 2.75) is 37.3 Å². The SMILES string of the molecule is Cc1ccc(C(=O)c2ccc(N(C)c3ccc(C(=O)C(C)(C)S(=O)(=O)c4ccc(C)cc4)cc3)cc2)cc1. The number of hydrogen-bond acceptors (Lipinski definition) is 5. The van der Waals surface area contributed by atoms with Crippen LogP contribution in [0, 0.1) is 13.8 Å². The highest BCUT2D eigenvalue weighted by molar-refractivity contribution is 7.93. The van der Waals surface area contributed by atoms with Crippen molar-refractivity contribution < 1.29 is 18.0 Å². The predicted octanol–water partition coefficient (Wildman–Crippen LogP) is 6.74. The number of carbonyl (C=O) groups is 2. The summed E-state index contributed by atoms with van der Waals surface area (Å²) in [4.78, 5) is 28.2. The van der Waals surface area contributed by atoms with Crippen molar-refractivity contribution in [1.29, 1.82) is 0 Å². The number of aryl methyl sites for hydroxylation is 2. The first kappa shape index (κ1) is 27.0. The number of hydrogen-bond donors (Lipinski definition) is 0. The molecule has 4 aromatic rings. The summed E-state index contributed by atoms with van der Waals surface area (Å²) < 4.78 is 24.9. The lowest BCUT2D eigenvalue weighted by atomic mass is 9.99. The van der Waals surface area contributed by atoms with Gasteiger partial charge in [-0.2, -0.15) is 0 Å². The molecule has 4 rings (SSSR count). The summed E-state index contributed by atoms with van der Waals surface area (Å²) in [6.45, 7) is 6.76. The number of carbonyl (C=O) groups excluding carboxylic acids is 2. The van der Waals surface area contributed by atoms with E-state index in [-0.39, 0.29) is 10.7 Å². The lowest BCUT2D eigenvalue weighted by molar-refractivity contribution is 0.0953. The standard InChI is InChI=1S/C32H31NO4S/c1-22-6-10-24(11-7-22)30(34)25-12-16-27(17-13-25)33(5)28-18-14-26(15-19-28)31(35)32(3,4)38(36,37)29-20-8-23(2)9-21-29/h6-21H,1-5H3. The van der Waals surface area contributed by atoms with Crippen LogP contribution in [0.5, 0.6) is 0 Å². The number of rotatable bonds is 8. The Labute approximate surface area is 224 Å². The van der Waals surface area contributed by atoms with E-state index in [2.05, 4.69) is 0 Å². The van der Waals surface area contributed by atoms with E-state index in [9.17, 15) is 18.0 Å². The van der Waals surface area contributed by atoms with Crippen molar-refractivity contribution in [2.24, 2.45) is 0 Å². The molecule has 0 spiro atoms. The highest BCUT2D eigenvalue weighted by Gasteiger charge is 2.43. The molecule has 4 aromatic carbocycles. The Morgan fingerprint density at radius 2 is 0.974 bits per heavy atom. The van der Waals surface area contributed by atoms with Crippen LogP contribution < -0.4 is 4.90 Å². The van der Waals surface area contributed by atoms with Gasteiger partial charge >= 0.3 is 0 Å². The van der Waals surface area contributed by atoms with Crippen molar-refractivity contribution in [1.82, 2.24) is 0 Å². The summed E-state index contributed by atoms with van der Waals surface area (Å²) in [5, 5.41) is 0. The Kier molecular flexibility index (Phi) is 7.38. The van der Waals surface area contributed by atoms with E-state index in [4.69, 9.17) is 0 Å². The topological polar surface area (TPSA) is 71.5 Å². The largest absolute Gasteiger partial charge is 0.345 e. The number of ketones is 2. The second-order valence-electron chi connectivity index (χ2n) is 10.0. The fourth-order valence-electron chi connectivity index (χ4n) is 4.18. The minimum absolute atomic E-state index is 0.0368. The van der Waals surface area contributed by atoms with E-state index in [0.29, 0.717) is 16.7 Å². The first-order chi connectivity index (χ1) is 17.9. The van der Waals surface area contributed by atoms with Crippen LogP contribution in [0.2, 0.25) is 0 Å². The van der Waals surface area contributed by atoms with Gasteiger partial charge in [-0.05, 0) is 88.4 Å². The van der Waals surface area contributed by atoms with Crippen LogP contribution >= 0.6 is 0 Å². The van der Waals surface area contributed by atoms with Crippen molar-refractivity contribution >= 4 is 32.8 Å². The quantitative estimate of drug-likeness (QED) is 0.238. The molecule has 0 bridgehead atoms. The van der Waals surface area contributed by atoms with Gasteiger partial charge in [0.2, 0.25) is 0 Å². The molecular weight excluding hydrogens is 494 g/mol. The molecule has 0 amide bonds. The zero-order chi connectivity index (χ0) is 27.7. The van der Waals surface area contributed by atoms with E-state index in [1.165, 1.54) is 26.0 Å². The molecule has 0 saturated carbocycles. The fourth-order valence-corrected chi connectivity index (χ4v) is 5.62. The molecule has 0 fully saturated rings. The molecule has 0 heterocycles. The number of benzene rings is 4. The van der Waals surface area contributed by atoms with Gasteiger partial charge in [-0.25, -0.2) is 8.42 Å². The van der Waals surface area contributed by atoms with Gasteiger partial charge in [0.1, 0.15) is 4.75 Å². The smallest absolute Gasteiger partial charge is 0.193 e. The predicted molar refractivity (Wildman–Crippen MR) is 152 cm³/mol. The third-order valence-corrected chi connectivity index (χ3v) is 9.32. The molecule has 5 nitrogen and oxygen atoms in total. The van der Waals surface area contributed by atoms with Crippen molar-refractivity contribution in [2.75, 3.05) is 11.9 Å².